The topological polar surface area (TPSA) is 12.0 Å². The fourth-order valence-corrected chi connectivity index (χ4v) is 1.36. The van der Waals surface area contributed by atoms with Crippen LogP contribution in [0.15, 0.2) is 36.9 Å². The van der Waals surface area contributed by atoms with E-state index in [-0.39, 0.29) is 0 Å². The van der Waals surface area contributed by atoms with E-state index < -0.39 is 0 Å². The zero-order chi connectivity index (χ0) is 9.52. The van der Waals surface area contributed by atoms with E-state index in [1.54, 1.807) is 0 Å². The van der Waals surface area contributed by atoms with Gasteiger partial charge in [0.2, 0.25) is 0 Å². The Morgan fingerprint density at radius 3 is 2.85 bits per heavy atom. The second-order valence-corrected chi connectivity index (χ2v) is 3.08. The van der Waals surface area contributed by atoms with Crippen molar-refractivity contribution in [1.29, 1.82) is 0 Å². The Morgan fingerprint density at radius 1 is 1.38 bits per heavy atom. The number of anilines is 1. The number of para-hydroxylation sites is 1. The first-order valence-electron chi connectivity index (χ1n) is 4.81. The molecule has 1 nitrogen and oxygen atoms in total. The van der Waals surface area contributed by atoms with Crippen molar-refractivity contribution in [3.8, 4) is 0 Å². The van der Waals surface area contributed by atoms with Gasteiger partial charge in [-0.1, -0.05) is 37.6 Å². The molecule has 0 aliphatic carbocycles. The van der Waals surface area contributed by atoms with Crippen molar-refractivity contribution < 1.29 is 0 Å². The molecular formula is C12H17N. The van der Waals surface area contributed by atoms with Crippen LogP contribution in [-0.4, -0.2) is 6.54 Å². The Labute approximate surface area is 80.5 Å². The van der Waals surface area contributed by atoms with Crippen molar-refractivity contribution in [2.24, 2.45) is 0 Å². The molecular weight excluding hydrogens is 158 g/mol. The number of aryl methyl sites for hydroxylation is 1. The van der Waals surface area contributed by atoms with Gasteiger partial charge in [-0.15, -0.1) is 6.58 Å². The second kappa shape index (κ2) is 5.41. The Bertz CT molecular complexity index is 266. The Morgan fingerprint density at radius 2 is 2.15 bits per heavy atom. The summed E-state index contributed by atoms with van der Waals surface area (Å²) in [6.07, 6.45) is 4.20. The highest BCUT2D eigenvalue weighted by Crippen LogP contribution is 2.16. The lowest BCUT2D eigenvalue weighted by atomic mass is 10.1. The highest BCUT2D eigenvalue weighted by molar-refractivity contribution is 5.51. The van der Waals surface area contributed by atoms with Crippen molar-refractivity contribution in [2.75, 3.05) is 11.9 Å². The van der Waals surface area contributed by atoms with E-state index in [1.807, 2.05) is 6.08 Å². The van der Waals surface area contributed by atoms with Gasteiger partial charge in [-0.25, -0.2) is 0 Å². The predicted octanol–water partition coefficient (Wildman–Crippen LogP) is 3.24. The van der Waals surface area contributed by atoms with E-state index in [0.29, 0.717) is 0 Å². The molecule has 0 saturated heterocycles. The Hall–Kier alpha value is -1.24. The first-order valence-corrected chi connectivity index (χ1v) is 4.81. The molecule has 0 aliphatic rings. The number of benzene rings is 1. The number of hydrogen-bond acceptors (Lipinski definition) is 1. The summed E-state index contributed by atoms with van der Waals surface area (Å²) in [5.41, 5.74) is 2.64. The molecule has 0 aromatic heterocycles. The minimum absolute atomic E-state index is 0.834. The molecule has 0 aliphatic heterocycles. The van der Waals surface area contributed by atoms with Crippen molar-refractivity contribution >= 4 is 5.69 Å². The molecule has 0 heterocycles. The molecule has 1 N–H and O–H groups in total. The van der Waals surface area contributed by atoms with Crippen molar-refractivity contribution in [3.63, 3.8) is 0 Å². The number of hydrogen-bond donors (Lipinski definition) is 1. The van der Waals surface area contributed by atoms with Crippen LogP contribution in [0.2, 0.25) is 0 Å². The predicted molar refractivity (Wildman–Crippen MR) is 59.1 cm³/mol. The maximum absolute atomic E-state index is 3.69. The van der Waals surface area contributed by atoms with Crippen LogP contribution in [0.4, 0.5) is 5.69 Å². The Kier molecular flexibility index (Phi) is 4.10. The second-order valence-electron chi connectivity index (χ2n) is 3.08. The van der Waals surface area contributed by atoms with E-state index in [2.05, 4.69) is 43.1 Å². The smallest absolute Gasteiger partial charge is 0.0375 e. The van der Waals surface area contributed by atoms with Crippen LogP contribution in [0.3, 0.4) is 0 Å². The summed E-state index contributed by atoms with van der Waals surface area (Å²) < 4.78 is 0. The van der Waals surface area contributed by atoms with Gasteiger partial charge < -0.3 is 5.32 Å². The quantitative estimate of drug-likeness (QED) is 0.677. The van der Waals surface area contributed by atoms with Gasteiger partial charge in [0.25, 0.3) is 0 Å². The van der Waals surface area contributed by atoms with E-state index >= 15 is 0 Å². The van der Waals surface area contributed by atoms with Crippen LogP contribution >= 0.6 is 0 Å². The molecule has 1 aromatic carbocycles. The summed E-state index contributed by atoms with van der Waals surface area (Å²) in [6.45, 7) is 6.72. The summed E-state index contributed by atoms with van der Waals surface area (Å²) >= 11 is 0. The first-order chi connectivity index (χ1) is 6.38. The molecule has 0 amide bonds. The minimum Gasteiger partial charge on any atom is -0.381 e. The normalized spacial score (nSPS) is 9.62. The highest BCUT2D eigenvalue weighted by Gasteiger charge is 1.97. The van der Waals surface area contributed by atoms with Crippen LogP contribution in [0.5, 0.6) is 0 Å². The summed E-state index contributed by atoms with van der Waals surface area (Å²) in [5, 5.41) is 3.33. The van der Waals surface area contributed by atoms with Gasteiger partial charge in [-0.05, 0) is 18.1 Å². The summed E-state index contributed by atoms with van der Waals surface area (Å²) in [7, 11) is 0. The molecule has 0 atom stereocenters. The third-order valence-corrected chi connectivity index (χ3v) is 1.97. The van der Waals surface area contributed by atoms with Gasteiger partial charge in [-0.3, -0.25) is 0 Å². The molecule has 1 heteroatoms. The lowest BCUT2D eigenvalue weighted by Gasteiger charge is -2.09. The lowest BCUT2D eigenvalue weighted by molar-refractivity contribution is 0.922. The van der Waals surface area contributed by atoms with Crippen molar-refractivity contribution in [1.82, 2.24) is 0 Å². The molecule has 0 bridgehead atoms. The average molecular weight is 175 g/mol. The van der Waals surface area contributed by atoms with E-state index in [4.69, 9.17) is 0 Å². The largest absolute Gasteiger partial charge is 0.381 e. The van der Waals surface area contributed by atoms with Crippen LogP contribution < -0.4 is 5.32 Å². The van der Waals surface area contributed by atoms with Gasteiger partial charge in [0, 0.05) is 12.2 Å². The molecule has 0 spiro atoms. The van der Waals surface area contributed by atoms with Crippen LogP contribution in [0, 0.1) is 0 Å². The summed E-state index contributed by atoms with van der Waals surface area (Å²) in [6, 6.07) is 8.44. The van der Waals surface area contributed by atoms with Gasteiger partial charge in [0.15, 0.2) is 0 Å². The summed E-state index contributed by atoms with van der Waals surface area (Å²) in [5.74, 6) is 0. The Balaban J connectivity index is 2.71. The van der Waals surface area contributed by atoms with Crippen LogP contribution in [-0.2, 0) is 6.42 Å². The van der Waals surface area contributed by atoms with Crippen molar-refractivity contribution in [3.05, 3.63) is 42.5 Å². The maximum Gasteiger partial charge on any atom is 0.0375 e. The molecule has 1 rings (SSSR count). The van der Waals surface area contributed by atoms with E-state index in [1.165, 1.54) is 17.7 Å². The fourth-order valence-electron chi connectivity index (χ4n) is 1.36. The van der Waals surface area contributed by atoms with Crippen molar-refractivity contribution in [2.45, 2.75) is 19.8 Å². The monoisotopic (exact) mass is 175 g/mol. The molecule has 0 unspecified atom stereocenters. The van der Waals surface area contributed by atoms with Gasteiger partial charge in [0.05, 0.1) is 0 Å². The zero-order valence-electron chi connectivity index (χ0n) is 8.22. The fraction of sp³-hybridized carbons (Fsp3) is 0.333. The molecule has 70 valence electrons. The lowest BCUT2D eigenvalue weighted by Crippen LogP contribution is -2.01. The molecule has 13 heavy (non-hydrogen) atoms. The zero-order valence-corrected chi connectivity index (χ0v) is 8.22. The van der Waals surface area contributed by atoms with Crippen LogP contribution in [0.1, 0.15) is 18.9 Å². The molecule has 0 saturated carbocycles. The molecule has 0 radical (unpaired) electrons. The van der Waals surface area contributed by atoms with Gasteiger partial charge >= 0.3 is 0 Å². The number of nitrogens with one attached hydrogen (secondary N) is 1. The third-order valence-electron chi connectivity index (χ3n) is 1.97. The van der Waals surface area contributed by atoms with E-state index in [9.17, 15) is 0 Å². The molecule has 1 aromatic rings. The van der Waals surface area contributed by atoms with Gasteiger partial charge in [0.1, 0.15) is 0 Å². The minimum atomic E-state index is 0.834. The van der Waals surface area contributed by atoms with E-state index in [0.717, 1.165) is 13.0 Å². The standard InChI is InChI=1S/C12H17N/c1-3-7-11-8-5-6-9-12(11)13-10-4-2/h4-6,8-9,13H,2-3,7,10H2,1H3. The first kappa shape index (κ1) is 9.85. The van der Waals surface area contributed by atoms with Crippen LogP contribution in [0.25, 0.3) is 0 Å². The molecule has 0 fully saturated rings. The maximum atomic E-state index is 3.69. The highest BCUT2D eigenvalue weighted by atomic mass is 14.9. The number of rotatable bonds is 5. The SMILES string of the molecule is C=CCNc1ccccc1CCC. The summed E-state index contributed by atoms with van der Waals surface area (Å²) in [4.78, 5) is 0. The van der Waals surface area contributed by atoms with Gasteiger partial charge in [-0.2, -0.15) is 0 Å². The third kappa shape index (κ3) is 2.94. The average Bonchev–Trinajstić information content (AvgIpc) is 2.17.